The van der Waals surface area contributed by atoms with E-state index in [1.54, 1.807) is 0 Å². The highest BCUT2D eigenvalue weighted by Gasteiger charge is 2.34. The Bertz CT molecular complexity index is 888. The molecule has 1 fully saturated rings. The van der Waals surface area contributed by atoms with Crippen LogP contribution in [0.25, 0.3) is 11.3 Å². The summed E-state index contributed by atoms with van der Waals surface area (Å²) >= 11 is 6.48. The van der Waals surface area contributed by atoms with Crippen LogP contribution in [-0.4, -0.2) is 34.7 Å². The molecule has 0 saturated carbocycles. The van der Waals surface area contributed by atoms with Crippen LogP contribution in [0.4, 0.5) is 5.69 Å². The van der Waals surface area contributed by atoms with E-state index in [-0.39, 0.29) is 0 Å². The van der Waals surface area contributed by atoms with Crippen molar-refractivity contribution in [2.75, 3.05) is 13.1 Å². The van der Waals surface area contributed by atoms with Crippen molar-refractivity contribution in [1.82, 2.24) is 9.91 Å². The topological polar surface area (TPSA) is 31.2 Å². The third-order valence-electron chi connectivity index (χ3n) is 5.54. The van der Waals surface area contributed by atoms with Crippen molar-refractivity contribution in [3.63, 3.8) is 0 Å². The van der Waals surface area contributed by atoms with E-state index in [9.17, 15) is 0 Å². The molecule has 3 aliphatic rings. The molecule has 4 rings (SSSR count). The summed E-state index contributed by atoms with van der Waals surface area (Å²) in [4.78, 5) is 7.51. The monoisotopic (exact) mass is 382 g/mol. The standard InChI is InChI=1S/C22H27ClN4/c1-5-16-11-15(4)25-27-21(16)19-13-17(23)12-18(14(2)3)20(19)24-22(27)26-9-7-6-8-10-26/h12-13H,2,5-11H2,1,3-4H3. The van der Waals surface area contributed by atoms with Gasteiger partial charge in [-0.3, -0.25) is 0 Å². The molecule has 4 nitrogen and oxygen atoms in total. The van der Waals surface area contributed by atoms with Gasteiger partial charge in [0.25, 0.3) is 0 Å². The predicted molar refractivity (Wildman–Crippen MR) is 115 cm³/mol. The van der Waals surface area contributed by atoms with Crippen LogP contribution in [0.15, 0.2) is 34.4 Å². The van der Waals surface area contributed by atoms with E-state index >= 15 is 0 Å². The second-order valence-corrected chi connectivity index (χ2v) is 8.16. The van der Waals surface area contributed by atoms with Gasteiger partial charge in [-0.2, -0.15) is 10.1 Å². The first-order chi connectivity index (χ1) is 13.0. The third kappa shape index (κ3) is 3.20. The molecule has 0 aliphatic carbocycles. The van der Waals surface area contributed by atoms with Crippen LogP contribution in [0.5, 0.6) is 0 Å². The van der Waals surface area contributed by atoms with Gasteiger partial charge < -0.3 is 4.90 Å². The first kappa shape index (κ1) is 18.3. The number of benzene rings is 1. The van der Waals surface area contributed by atoms with Crippen molar-refractivity contribution >= 4 is 40.2 Å². The number of guanidine groups is 1. The number of nitrogens with zero attached hydrogens (tertiary/aromatic N) is 4. The largest absolute Gasteiger partial charge is 0.341 e. The van der Waals surface area contributed by atoms with Crippen LogP contribution in [-0.2, 0) is 0 Å². The first-order valence-electron chi connectivity index (χ1n) is 9.89. The number of hydrazone groups is 1. The van der Waals surface area contributed by atoms with E-state index < -0.39 is 0 Å². The van der Waals surface area contributed by atoms with Gasteiger partial charge in [-0.15, -0.1) is 0 Å². The summed E-state index contributed by atoms with van der Waals surface area (Å²) in [6.45, 7) is 12.6. The molecular weight excluding hydrogens is 356 g/mol. The third-order valence-corrected chi connectivity index (χ3v) is 5.76. The average Bonchev–Trinajstić information content (AvgIpc) is 2.66. The fourth-order valence-electron chi connectivity index (χ4n) is 4.21. The SMILES string of the molecule is C=C(C)c1cc(Cl)cc2c1N=C(N1CCCCC1)N1N=C(C)CC(CC)=C21. The zero-order valence-corrected chi connectivity index (χ0v) is 17.2. The Kier molecular flexibility index (Phi) is 4.85. The summed E-state index contributed by atoms with van der Waals surface area (Å²) in [5, 5.41) is 7.71. The predicted octanol–water partition coefficient (Wildman–Crippen LogP) is 6.06. The number of halogens is 1. The summed E-state index contributed by atoms with van der Waals surface area (Å²) < 4.78 is 0. The molecule has 1 saturated heterocycles. The highest BCUT2D eigenvalue weighted by molar-refractivity contribution is 6.31. The molecule has 1 aromatic carbocycles. The van der Waals surface area contributed by atoms with Crippen LogP contribution >= 0.6 is 11.6 Å². The number of rotatable bonds is 2. The summed E-state index contributed by atoms with van der Waals surface area (Å²) in [6, 6.07) is 4.02. The minimum atomic E-state index is 0.720. The number of aliphatic imine (C=N–C) groups is 1. The summed E-state index contributed by atoms with van der Waals surface area (Å²) in [5.74, 6) is 0.951. The summed E-state index contributed by atoms with van der Waals surface area (Å²) in [5.41, 5.74) is 7.76. The zero-order chi connectivity index (χ0) is 19.1. The molecule has 0 bridgehead atoms. The van der Waals surface area contributed by atoms with Crippen molar-refractivity contribution < 1.29 is 0 Å². The number of hydrogen-bond acceptors (Lipinski definition) is 4. The van der Waals surface area contributed by atoms with Gasteiger partial charge in [0.15, 0.2) is 0 Å². The lowest BCUT2D eigenvalue weighted by Gasteiger charge is -2.40. The maximum atomic E-state index is 6.48. The molecule has 0 radical (unpaired) electrons. The van der Waals surface area contributed by atoms with Crippen molar-refractivity contribution in [3.05, 3.63) is 40.4 Å². The maximum Gasteiger partial charge on any atom is 0.227 e. The van der Waals surface area contributed by atoms with Crippen LogP contribution < -0.4 is 0 Å². The lowest BCUT2D eigenvalue weighted by atomic mass is 9.93. The Balaban J connectivity index is 1.98. The quantitative estimate of drug-likeness (QED) is 0.622. The molecular formula is C22H27ClN4. The van der Waals surface area contributed by atoms with Gasteiger partial charge >= 0.3 is 0 Å². The van der Waals surface area contributed by atoms with Crippen LogP contribution in [0.1, 0.15) is 64.0 Å². The van der Waals surface area contributed by atoms with Gasteiger partial charge in [0.2, 0.25) is 5.96 Å². The zero-order valence-electron chi connectivity index (χ0n) is 16.5. The van der Waals surface area contributed by atoms with E-state index in [2.05, 4.69) is 30.3 Å². The first-order valence-corrected chi connectivity index (χ1v) is 10.3. The molecule has 3 heterocycles. The van der Waals surface area contributed by atoms with Gasteiger partial charge in [0.1, 0.15) is 0 Å². The molecule has 5 heteroatoms. The number of piperidine rings is 1. The molecule has 0 amide bonds. The lowest BCUT2D eigenvalue weighted by Crippen LogP contribution is -2.46. The molecule has 0 atom stereocenters. The molecule has 0 spiro atoms. The molecule has 27 heavy (non-hydrogen) atoms. The molecule has 0 N–H and O–H groups in total. The van der Waals surface area contributed by atoms with Crippen molar-refractivity contribution in [2.45, 2.75) is 52.9 Å². The summed E-state index contributed by atoms with van der Waals surface area (Å²) in [6.07, 6.45) is 5.59. The molecule has 0 aromatic heterocycles. The molecule has 3 aliphatic heterocycles. The van der Waals surface area contributed by atoms with Gasteiger partial charge in [0, 0.05) is 41.4 Å². The van der Waals surface area contributed by atoms with E-state index in [1.807, 2.05) is 19.1 Å². The average molecular weight is 383 g/mol. The highest BCUT2D eigenvalue weighted by Crippen LogP contribution is 2.45. The normalized spacial score (nSPS) is 19.4. The highest BCUT2D eigenvalue weighted by atomic mass is 35.5. The van der Waals surface area contributed by atoms with Crippen molar-refractivity contribution in [2.24, 2.45) is 10.1 Å². The second-order valence-electron chi connectivity index (χ2n) is 7.72. The number of allylic oxidation sites excluding steroid dienone is 2. The van der Waals surface area contributed by atoms with E-state index in [4.69, 9.17) is 21.7 Å². The van der Waals surface area contributed by atoms with Gasteiger partial charge in [-0.1, -0.05) is 25.1 Å². The summed E-state index contributed by atoms with van der Waals surface area (Å²) in [7, 11) is 0. The fourth-order valence-corrected chi connectivity index (χ4v) is 4.43. The number of hydrogen-bond donors (Lipinski definition) is 0. The van der Waals surface area contributed by atoms with E-state index in [0.717, 1.165) is 65.0 Å². The Morgan fingerprint density at radius 1 is 1.22 bits per heavy atom. The fraction of sp³-hybridized carbons (Fsp3) is 0.455. The molecule has 142 valence electrons. The molecule has 1 aromatic rings. The van der Waals surface area contributed by atoms with Crippen molar-refractivity contribution in [1.29, 1.82) is 0 Å². The van der Waals surface area contributed by atoms with E-state index in [1.165, 1.54) is 30.5 Å². The van der Waals surface area contributed by atoms with Crippen LogP contribution in [0.3, 0.4) is 0 Å². The number of fused-ring (bicyclic) bond motifs is 3. The van der Waals surface area contributed by atoms with Gasteiger partial charge in [-0.05, 0) is 62.8 Å². The van der Waals surface area contributed by atoms with Crippen molar-refractivity contribution in [3.8, 4) is 0 Å². The van der Waals surface area contributed by atoms with Gasteiger partial charge in [0.05, 0.1) is 11.4 Å². The Morgan fingerprint density at radius 3 is 2.63 bits per heavy atom. The van der Waals surface area contributed by atoms with Crippen LogP contribution in [0, 0.1) is 0 Å². The van der Waals surface area contributed by atoms with Gasteiger partial charge in [-0.25, -0.2) is 4.99 Å². The van der Waals surface area contributed by atoms with Crippen LogP contribution in [0.2, 0.25) is 5.02 Å². The number of likely N-dealkylation sites (tertiary alicyclic amines) is 1. The minimum Gasteiger partial charge on any atom is -0.341 e. The second kappa shape index (κ2) is 7.16. The Labute approximate surface area is 166 Å². The smallest absolute Gasteiger partial charge is 0.227 e. The minimum absolute atomic E-state index is 0.720. The van der Waals surface area contributed by atoms with E-state index in [0.29, 0.717) is 0 Å². The molecule has 0 unspecified atom stereocenters. The maximum absolute atomic E-state index is 6.48. The Morgan fingerprint density at radius 2 is 1.96 bits per heavy atom. The Hall–Kier alpha value is -2.07. The lowest BCUT2D eigenvalue weighted by molar-refractivity contribution is 0.309.